The van der Waals surface area contributed by atoms with Crippen LogP contribution in [0.4, 0.5) is 5.13 Å². The summed E-state index contributed by atoms with van der Waals surface area (Å²) in [4.78, 5) is 15.7. The summed E-state index contributed by atoms with van der Waals surface area (Å²) in [7, 11) is 0. The predicted molar refractivity (Wildman–Crippen MR) is 67.5 cm³/mol. The molecule has 5 nitrogen and oxygen atoms in total. The lowest BCUT2D eigenvalue weighted by atomic mass is 10.3. The lowest BCUT2D eigenvalue weighted by Gasteiger charge is -2.01. The van der Waals surface area contributed by atoms with Crippen LogP contribution in [0.1, 0.15) is 19.0 Å². The lowest BCUT2D eigenvalue weighted by Crippen LogP contribution is -2.25. The van der Waals surface area contributed by atoms with Crippen molar-refractivity contribution in [3.63, 3.8) is 0 Å². The van der Waals surface area contributed by atoms with E-state index in [9.17, 15) is 4.79 Å². The van der Waals surface area contributed by atoms with Gasteiger partial charge in [0.2, 0.25) is 0 Å². The number of rotatable bonds is 5. The first kappa shape index (κ1) is 13.2. The third-order valence-corrected chi connectivity index (χ3v) is 2.75. The van der Waals surface area contributed by atoms with Crippen molar-refractivity contribution in [1.29, 1.82) is 5.26 Å². The molecule has 0 aliphatic heterocycles. The van der Waals surface area contributed by atoms with E-state index < -0.39 is 0 Å². The number of aryl methyl sites for hydroxylation is 1. The molecular weight excluding hydrogens is 236 g/mol. The fourth-order valence-corrected chi connectivity index (χ4v) is 1.70. The van der Waals surface area contributed by atoms with E-state index in [1.54, 1.807) is 0 Å². The van der Waals surface area contributed by atoms with Gasteiger partial charge >= 0.3 is 0 Å². The van der Waals surface area contributed by atoms with Crippen LogP contribution in [0.3, 0.4) is 0 Å². The minimum absolute atomic E-state index is 0.0475. The Morgan fingerprint density at radius 1 is 1.71 bits per heavy atom. The molecular formula is C11H14N4OS. The van der Waals surface area contributed by atoms with Crippen LogP contribution in [0.15, 0.2) is 17.2 Å². The predicted octanol–water partition coefficient (Wildman–Crippen LogP) is 1.80. The Kier molecular flexibility index (Phi) is 5.17. The summed E-state index contributed by atoms with van der Waals surface area (Å²) in [6.07, 6.45) is 2.22. The molecule has 90 valence electrons. The molecule has 0 spiro atoms. The summed E-state index contributed by atoms with van der Waals surface area (Å²) >= 11 is 1.42. The second kappa shape index (κ2) is 6.66. The van der Waals surface area contributed by atoms with E-state index in [1.807, 2.05) is 25.3 Å². The van der Waals surface area contributed by atoms with Gasteiger partial charge in [0.05, 0.1) is 5.69 Å². The van der Waals surface area contributed by atoms with Crippen molar-refractivity contribution in [1.82, 2.24) is 10.3 Å². The minimum Gasteiger partial charge on any atom is -0.351 e. The van der Waals surface area contributed by atoms with Crippen molar-refractivity contribution in [2.45, 2.75) is 20.3 Å². The molecule has 0 aromatic carbocycles. The van der Waals surface area contributed by atoms with Crippen LogP contribution in [0.5, 0.6) is 0 Å². The molecule has 0 unspecified atom stereocenters. The van der Waals surface area contributed by atoms with Crippen LogP contribution in [0.25, 0.3) is 0 Å². The van der Waals surface area contributed by atoms with E-state index in [-0.39, 0.29) is 11.5 Å². The average molecular weight is 250 g/mol. The van der Waals surface area contributed by atoms with Gasteiger partial charge < -0.3 is 10.6 Å². The zero-order chi connectivity index (χ0) is 12.7. The molecule has 6 heteroatoms. The Bertz CT molecular complexity index is 458. The number of aromatic nitrogens is 1. The normalized spacial score (nSPS) is 10.8. The Morgan fingerprint density at radius 3 is 3.00 bits per heavy atom. The van der Waals surface area contributed by atoms with Gasteiger partial charge in [0.15, 0.2) is 5.13 Å². The molecule has 0 radical (unpaired) electrons. The van der Waals surface area contributed by atoms with Gasteiger partial charge in [-0.25, -0.2) is 4.98 Å². The molecule has 0 bridgehead atoms. The minimum atomic E-state index is -0.366. The van der Waals surface area contributed by atoms with Gasteiger partial charge in [0.1, 0.15) is 11.6 Å². The molecule has 0 aliphatic rings. The third kappa shape index (κ3) is 4.25. The highest BCUT2D eigenvalue weighted by Crippen LogP contribution is 2.14. The highest BCUT2D eigenvalue weighted by molar-refractivity contribution is 7.13. The molecule has 0 saturated carbocycles. The Labute approximate surface area is 104 Å². The number of carbonyl (C=O) groups is 1. The standard InChI is InChI=1S/C11H14N4OS/c1-3-4-13-10(16)9(5-12)6-14-11-15-8(2)7-17-11/h6-7H,3-4H2,1-2H3,(H,13,16)(H,14,15)/b9-6-. The van der Waals surface area contributed by atoms with E-state index in [0.717, 1.165) is 12.1 Å². The number of nitrogens with one attached hydrogen (secondary N) is 2. The average Bonchev–Trinajstić information content (AvgIpc) is 2.73. The largest absolute Gasteiger partial charge is 0.351 e. The van der Waals surface area contributed by atoms with Crippen LogP contribution in [-0.2, 0) is 4.79 Å². The summed E-state index contributed by atoms with van der Waals surface area (Å²) in [5.41, 5.74) is 0.950. The van der Waals surface area contributed by atoms with E-state index in [2.05, 4.69) is 15.6 Å². The maximum absolute atomic E-state index is 11.5. The molecule has 0 saturated heterocycles. The number of amides is 1. The second-order valence-corrected chi connectivity index (χ2v) is 4.22. The van der Waals surface area contributed by atoms with Gasteiger partial charge in [-0.2, -0.15) is 5.26 Å². The van der Waals surface area contributed by atoms with Gasteiger partial charge in [-0.1, -0.05) is 6.92 Å². The van der Waals surface area contributed by atoms with Crippen LogP contribution in [0.2, 0.25) is 0 Å². The van der Waals surface area contributed by atoms with Crippen LogP contribution in [-0.4, -0.2) is 17.4 Å². The summed E-state index contributed by atoms with van der Waals surface area (Å²) in [6, 6.07) is 1.85. The van der Waals surface area contributed by atoms with Crippen molar-refractivity contribution < 1.29 is 4.79 Å². The van der Waals surface area contributed by atoms with Crippen LogP contribution >= 0.6 is 11.3 Å². The van der Waals surface area contributed by atoms with Crippen molar-refractivity contribution >= 4 is 22.4 Å². The van der Waals surface area contributed by atoms with Crippen molar-refractivity contribution in [3.05, 3.63) is 22.8 Å². The highest BCUT2D eigenvalue weighted by atomic mass is 32.1. The van der Waals surface area contributed by atoms with Gasteiger partial charge in [0.25, 0.3) is 5.91 Å². The lowest BCUT2D eigenvalue weighted by molar-refractivity contribution is -0.117. The zero-order valence-corrected chi connectivity index (χ0v) is 10.6. The third-order valence-electron chi connectivity index (χ3n) is 1.86. The number of anilines is 1. The fraction of sp³-hybridized carbons (Fsp3) is 0.364. The SMILES string of the molecule is CCCNC(=O)/C(C#N)=C\Nc1nc(C)cs1. The Balaban J connectivity index is 2.61. The van der Waals surface area contributed by atoms with Crippen molar-refractivity contribution in [2.75, 3.05) is 11.9 Å². The quantitative estimate of drug-likeness (QED) is 0.617. The molecule has 1 aromatic heterocycles. The molecule has 0 fully saturated rings. The Hall–Kier alpha value is -1.87. The molecule has 1 heterocycles. The fourth-order valence-electron chi connectivity index (χ4n) is 1.04. The van der Waals surface area contributed by atoms with Gasteiger partial charge in [-0.3, -0.25) is 4.79 Å². The van der Waals surface area contributed by atoms with Gasteiger partial charge in [-0.05, 0) is 13.3 Å². The summed E-state index contributed by atoms with van der Waals surface area (Å²) in [5, 5.41) is 16.9. The number of nitriles is 1. The van der Waals surface area contributed by atoms with Crippen LogP contribution in [0, 0.1) is 18.3 Å². The molecule has 0 atom stereocenters. The second-order valence-electron chi connectivity index (χ2n) is 3.36. The van der Waals surface area contributed by atoms with Gasteiger partial charge in [0, 0.05) is 18.1 Å². The first-order valence-electron chi connectivity index (χ1n) is 5.24. The van der Waals surface area contributed by atoms with E-state index >= 15 is 0 Å². The van der Waals surface area contributed by atoms with Crippen molar-refractivity contribution in [3.8, 4) is 6.07 Å². The van der Waals surface area contributed by atoms with E-state index in [1.165, 1.54) is 17.5 Å². The molecule has 2 N–H and O–H groups in total. The first-order chi connectivity index (χ1) is 8.17. The van der Waals surface area contributed by atoms with Crippen molar-refractivity contribution in [2.24, 2.45) is 0 Å². The number of hydrogen-bond donors (Lipinski definition) is 2. The first-order valence-corrected chi connectivity index (χ1v) is 6.12. The summed E-state index contributed by atoms with van der Waals surface area (Å²) in [5.74, 6) is -0.366. The number of nitrogens with zero attached hydrogens (tertiary/aromatic N) is 2. The maximum atomic E-state index is 11.5. The monoisotopic (exact) mass is 250 g/mol. The maximum Gasteiger partial charge on any atom is 0.263 e. The topological polar surface area (TPSA) is 77.8 Å². The van der Waals surface area contributed by atoms with Gasteiger partial charge in [-0.15, -0.1) is 11.3 Å². The molecule has 1 rings (SSSR count). The molecule has 1 amide bonds. The molecule has 0 aliphatic carbocycles. The summed E-state index contributed by atoms with van der Waals surface area (Å²) in [6.45, 7) is 4.39. The van der Waals surface area contributed by atoms with E-state index in [4.69, 9.17) is 5.26 Å². The smallest absolute Gasteiger partial charge is 0.263 e. The number of thiazole rings is 1. The highest BCUT2D eigenvalue weighted by Gasteiger charge is 2.07. The van der Waals surface area contributed by atoms with Crippen LogP contribution < -0.4 is 10.6 Å². The molecule has 1 aromatic rings. The summed E-state index contributed by atoms with van der Waals surface area (Å²) < 4.78 is 0. The van der Waals surface area contributed by atoms with E-state index in [0.29, 0.717) is 11.7 Å². The number of carbonyl (C=O) groups excluding carboxylic acids is 1. The molecule has 17 heavy (non-hydrogen) atoms. The Morgan fingerprint density at radius 2 is 2.47 bits per heavy atom. The number of hydrogen-bond acceptors (Lipinski definition) is 5. The zero-order valence-electron chi connectivity index (χ0n) is 9.78.